The molecule has 27 heavy (non-hydrogen) atoms. The maximum absolute atomic E-state index is 13.1. The first-order valence-corrected chi connectivity index (χ1v) is 10.2. The van der Waals surface area contributed by atoms with Crippen molar-refractivity contribution in [3.05, 3.63) is 35.8 Å². The van der Waals surface area contributed by atoms with Crippen LogP contribution in [0.15, 0.2) is 24.5 Å². The molecule has 2 aromatic heterocycles. The predicted molar refractivity (Wildman–Crippen MR) is 105 cm³/mol. The van der Waals surface area contributed by atoms with E-state index in [2.05, 4.69) is 32.2 Å². The monoisotopic (exact) mass is 370 g/mol. The fraction of sp³-hybridized carbons (Fsp3) is 0.619. The molecule has 6 nitrogen and oxygen atoms in total. The molecule has 0 saturated carbocycles. The summed E-state index contributed by atoms with van der Waals surface area (Å²) in [4.78, 5) is 22.2. The summed E-state index contributed by atoms with van der Waals surface area (Å²) in [5, 5.41) is 0. The Morgan fingerprint density at radius 2 is 2.11 bits per heavy atom. The summed E-state index contributed by atoms with van der Waals surface area (Å²) >= 11 is 0. The molecule has 2 fully saturated rings. The van der Waals surface area contributed by atoms with Crippen molar-refractivity contribution in [1.82, 2.24) is 19.2 Å². The molecule has 0 aliphatic carbocycles. The Hall–Kier alpha value is -1.92. The van der Waals surface area contributed by atoms with Crippen molar-refractivity contribution in [2.75, 3.05) is 39.4 Å². The zero-order valence-electron chi connectivity index (χ0n) is 16.3. The Balaban J connectivity index is 1.41. The predicted octanol–water partition coefficient (Wildman–Crippen LogP) is 2.29. The molecule has 0 spiro atoms. The number of hydrogen-bond acceptors (Lipinski definition) is 4. The molecule has 2 saturated heterocycles. The Bertz CT molecular complexity index is 782. The fourth-order valence-corrected chi connectivity index (χ4v) is 4.37. The van der Waals surface area contributed by atoms with Crippen molar-refractivity contribution in [1.29, 1.82) is 0 Å². The van der Waals surface area contributed by atoms with Gasteiger partial charge in [0, 0.05) is 44.6 Å². The minimum Gasteiger partial charge on any atom is -0.379 e. The van der Waals surface area contributed by atoms with Crippen molar-refractivity contribution in [3.8, 4) is 0 Å². The van der Waals surface area contributed by atoms with Gasteiger partial charge in [0.1, 0.15) is 5.65 Å². The average molecular weight is 370 g/mol. The maximum Gasteiger partial charge on any atom is 0.228 e. The van der Waals surface area contributed by atoms with Gasteiger partial charge in [-0.05, 0) is 44.2 Å². The minimum absolute atomic E-state index is 0.241. The van der Waals surface area contributed by atoms with Crippen molar-refractivity contribution < 1.29 is 9.53 Å². The van der Waals surface area contributed by atoms with Crippen molar-refractivity contribution >= 4 is 11.6 Å². The maximum atomic E-state index is 13.1. The van der Waals surface area contributed by atoms with Gasteiger partial charge in [-0.25, -0.2) is 4.98 Å². The van der Waals surface area contributed by atoms with Crippen LogP contribution in [0.2, 0.25) is 0 Å². The molecule has 6 heteroatoms. The van der Waals surface area contributed by atoms with Crippen LogP contribution in [0.3, 0.4) is 0 Å². The van der Waals surface area contributed by atoms with Gasteiger partial charge in [-0.2, -0.15) is 0 Å². The molecule has 2 aliphatic rings. The lowest BCUT2D eigenvalue weighted by Gasteiger charge is -2.37. The van der Waals surface area contributed by atoms with Crippen LogP contribution in [-0.4, -0.2) is 70.5 Å². The zero-order valence-corrected chi connectivity index (χ0v) is 16.3. The second-order valence-corrected chi connectivity index (χ2v) is 7.79. The summed E-state index contributed by atoms with van der Waals surface area (Å²) in [5.41, 5.74) is 3.07. The van der Waals surface area contributed by atoms with E-state index in [1.54, 1.807) is 0 Å². The van der Waals surface area contributed by atoms with E-state index in [1.807, 2.05) is 18.5 Å². The van der Waals surface area contributed by atoms with Gasteiger partial charge in [-0.3, -0.25) is 9.69 Å². The van der Waals surface area contributed by atoms with Crippen LogP contribution in [0, 0.1) is 6.92 Å². The average Bonchev–Trinajstić information content (AvgIpc) is 3.11. The van der Waals surface area contributed by atoms with E-state index in [0.29, 0.717) is 12.5 Å². The van der Waals surface area contributed by atoms with E-state index >= 15 is 0 Å². The van der Waals surface area contributed by atoms with E-state index in [1.165, 1.54) is 6.42 Å². The number of fused-ring (bicyclic) bond motifs is 1. The Morgan fingerprint density at radius 3 is 2.96 bits per heavy atom. The number of carbonyl (C=O) groups is 1. The largest absolute Gasteiger partial charge is 0.379 e. The number of pyridine rings is 1. The van der Waals surface area contributed by atoms with Crippen molar-refractivity contribution in [2.24, 2.45) is 0 Å². The summed E-state index contributed by atoms with van der Waals surface area (Å²) in [7, 11) is 0. The quantitative estimate of drug-likeness (QED) is 0.810. The molecule has 2 aromatic rings. The molecule has 0 unspecified atom stereocenters. The molecule has 0 aromatic carbocycles. The van der Waals surface area contributed by atoms with E-state index < -0.39 is 0 Å². The first kappa shape index (κ1) is 18.4. The number of amides is 1. The van der Waals surface area contributed by atoms with Gasteiger partial charge in [0.25, 0.3) is 0 Å². The lowest BCUT2D eigenvalue weighted by atomic mass is 9.98. The van der Waals surface area contributed by atoms with Gasteiger partial charge in [0.15, 0.2) is 0 Å². The van der Waals surface area contributed by atoms with Crippen LogP contribution in [0.4, 0.5) is 0 Å². The topological polar surface area (TPSA) is 50.1 Å². The van der Waals surface area contributed by atoms with Gasteiger partial charge in [-0.1, -0.05) is 6.07 Å². The van der Waals surface area contributed by atoms with Gasteiger partial charge in [0.2, 0.25) is 5.91 Å². The number of morpholine rings is 1. The highest BCUT2D eigenvalue weighted by Crippen LogP contribution is 2.22. The summed E-state index contributed by atoms with van der Waals surface area (Å²) in [5.74, 6) is 0.241. The number of aromatic nitrogens is 2. The molecular weight excluding hydrogens is 340 g/mol. The number of likely N-dealkylation sites (tertiary alicyclic amines) is 1. The molecule has 0 N–H and O–H groups in total. The number of carbonyl (C=O) groups excluding carboxylic acids is 1. The molecule has 1 atom stereocenters. The van der Waals surface area contributed by atoms with E-state index in [9.17, 15) is 4.79 Å². The number of rotatable bonds is 5. The Kier molecular flexibility index (Phi) is 5.74. The van der Waals surface area contributed by atoms with Crippen molar-refractivity contribution in [2.45, 2.75) is 45.1 Å². The van der Waals surface area contributed by atoms with Crippen LogP contribution in [0.5, 0.6) is 0 Å². The summed E-state index contributed by atoms with van der Waals surface area (Å²) in [6.07, 6.45) is 8.83. The standard InChI is InChI=1S/C21H30N4O2/c1-17-5-4-9-25-19(16-22-21(17)25)15-20(26)24-8-3-2-6-18(24)7-10-23-11-13-27-14-12-23/h4-5,9,16,18H,2-3,6-8,10-15H2,1H3/t18-/m0/s1. The lowest BCUT2D eigenvalue weighted by Crippen LogP contribution is -2.47. The highest BCUT2D eigenvalue weighted by Gasteiger charge is 2.27. The van der Waals surface area contributed by atoms with Gasteiger partial charge >= 0.3 is 0 Å². The van der Waals surface area contributed by atoms with Crippen LogP contribution in [-0.2, 0) is 16.0 Å². The highest BCUT2D eigenvalue weighted by molar-refractivity contribution is 5.79. The van der Waals surface area contributed by atoms with Gasteiger partial charge in [-0.15, -0.1) is 0 Å². The SMILES string of the molecule is Cc1cccn2c(CC(=O)N3CCCC[C@H]3CCN3CCOCC3)cnc12. The first-order valence-electron chi connectivity index (χ1n) is 10.2. The third-order valence-electron chi connectivity index (χ3n) is 5.97. The Morgan fingerprint density at radius 1 is 1.26 bits per heavy atom. The normalized spacial score (nSPS) is 21.7. The van der Waals surface area contributed by atoms with Crippen LogP contribution in [0.1, 0.15) is 36.9 Å². The molecule has 0 bridgehead atoms. The summed E-state index contributed by atoms with van der Waals surface area (Å²) < 4.78 is 7.49. The number of imidazole rings is 1. The van der Waals surface area contributed by atoms with Gasteiger partial charge < -0.3 is 14.0 Å². The van der Waals surface area contributed by atoms with Crippen molar-refractivity contribution in [3.63, 3.8) is 0 Å². The number of aryl methyl sites for hydroxylation is 1. The zero-order chi connectivity index (χ0) is 18.6. The van der Waals surface area contributed by atoms with Crippen LogP contribution >= 0.6 is 0 Å². The summed E-state index contributed by atoms with van der Waals surface area (Å²) in [6, 6.07) is 4.44. The molecule has 4 heterocycles. The third-order valence-corrected chi connectivity index (χ3v) is 5.97. The van der Waals surface area contributed by atoms with E-state index in [0.717, 1.165) is 75.6 Å². The minimum atomic E-state index is 0.241. The summed E-state index contributed by atoms with van der Waals surface area (Å²) in [6.45, 7) is 7.71. The molecule has 4 rings (SSSR count). The van der Waals surface area contributed by atoms with Gasteiger partial charge in [0.05, 0.1) is 25.3 Å². The van der Waals surface area contributed by atoms with E-state index in [4.69, 9.17) is 4.74 Å². The first-order chi connectivity index (χ1) is 13.2. The van der Waals surface area contributed by atoms with Crippen LogP contribution in [0.25, 0.3) is 5.65 Å². The smallest absolute Gasteiger partial charge is 0.228 e. The molecular formula is C21H30N4O2. The molecule has 0 radical (unpaired) electrons. The number of piperidine rings is 1. The number of nitrogens with zero attached hydrogens (tertiary/aromatic N) is 4. The second-order valence-electron chi connectivity index (χ2n) is 7.79. The fourth-order valence-electron chi connectivity index (χ4n) is 4.37. The molecule has 1 amide bonds. The van der Waals surface area contributed by atoms with E-state index in [-0.39, 0.29) is 5.91 Å². The Labute approximate surface area is 161 Å². The third kappa shape index (κ3) is 4.17. The highest BCUT2D eigenvalue weighted by atomic mass is 16.5. The van der Waals surface area contributed by atoms with Crippen LogP contribution < -0.4 is 0 Å². The molecule has 2 aliphatic heterocycles. The lowest BCUT2D eigenvalue weighted by molar-refractivity contribution is -0.134. The second kappa shape index (κ2) is 8.40. The molecule has 146 valence electrons. The number of ether oxygens (including phenoxy) is 1. The number of hydrogen-bond donors (Lipinski definition) is 0.